The standard InChI is InChI=1S/C24H22BrN5O2/c1-32-19-9-5-16(6-10-19)21-20-22(28-27-21)24(31)30(13-2-12-29-14-11-26-15-29)23(20)17-3-7-18(25)8-4-17/h3-11,14-15,23H,2,12-13H2,1H3,(H,27,28). The first kappa shape index (κ1) is 20.5. The van der Waals surface area contributed by atoms with Crippen molar-refractivity contribution in [3.05, 3.63) is 88.5 Å². The molecular weight excluding hydrogens is 470 g/mol. The van der Waals surface area contributed by atoms with Gasteiger partial charge in [-0.25, -0.2) is 4.98 Å². The Morgan fingerprint density at radius 1 is 1.09 bits per heavy atom. The van der Waals surface area contributed by atoms with Gasteiger partial charge < -0.3 is 14.2 Å². The lowest BCUT2D eigenvalue weighted by molar-refractivity contribution is 0.0739. The Balaban J connectivity index is 1.51. The molecule has 1 unspecified atom stereocenters. The second-order valence-corrected chi connectivity index (χ2v) is 8.61. The number of ether oxygens (including phenoxy) is 1. The maximum atomic E-state index is 13.4. The van der Waals surface area contributed by atoms with E-state index >= 15 is 0 Å². The van der Waals surface area contributed by atoms with Crippen molar-refractivity contribution in [2.24, 2.45) is 0 Å². The number of methoxy groups -OCH3 is 1. The smallest absolute Gasteiger partial charge is 0.273 e. The van der Waals surface area contributed by atoms with E-state index in [9.17, 15) is 4.79 Å². The molecule has 1 atom stereocenters. The van der Waals surface area contributed by atoms with Crippen molar-refractivity contribution in [1.82, 2.24) is 24.6 Å². The number of aromatic amines is 1. The summed E-state index contributed by atoms with van der Waals surface area (Å²) in [6.45, 7) is 1.43. The summed E-state index contributed by atoms with van der Waals surface area (Å²) in [5, 5.41) is 7.54. The first-order valence-corrected chi connectivity index (χ1v) is 11.2. The Kier molecular flexibility index (Phi) is 5.53. The lowest BCUT2D eigenvalue weighted by Crippen LogP contribution is -2.31. The molecule has 32 heavy (non-hydrogen) atoms. The molecule has 7 nitrogen and oxygen atoms in total. The van der Waals surface area contributed by atoms with Crippen LogP contribution in [-0.2, 0) is 6.54 Å². The quantitative estimate of drug-likeness (QED) is 0.407. The molecule has 5 rings (SSSR count). The summed E-state index contributed by atoms with van der Waals surface area (Å²) >= 11 is 3.51. The monoisotopic (exact) mass is 491 g/mol. The van der Waals surface area contributed by atoms with E-state index in [-0.39, 0.29) is 11.9 Å². The summed E-state index contributed by atoms with van der Waals surface area (Å²) in [6.07, 6.45) is 6.33. The molecule has 1 N–H and O–H groups in total. The lowest BCUT2D eigenvalue weighted by Gasteiger charge is -2.26. The van der Waals surface area contributed by atoms with Gasteiger partial charge in [0, 0.05) is 41.1 Å². The number of hydrogen-bond acceptors (Lipinski definition) is 4. The summed E-state index contributed by atoms with van der Waals surface area (Å²) in [7, 11) is 1.64. The van der Waals surface area contributed by atoms with Crippen molar-refractivity contribution in [3.63, 3.8) is 0 Å². The van der Waals surface area contributed by atoms with Crippen LogP contribution in [0.2, 0.25) is 0 Å². The molecule has 0 saturated heterocycles. The number of fused-ring (bicyclic) bond motifs is 1. The number of benzene rings is 2. The molecular formula is C24H22BrN5O2. The van der Waals surface area contributed by atoms with Gasteiger partial charge in [0.1, 0.15) is 11.4 Å². The molecule has 0 aliphatic carbocycles. The normalized spacial score (nSPS) is 15.2. The van der Waals surface area contributed by atoms with Crippen LogP contribution in [-0.4, -0.2) is 44.2 Å². The third kappa shape index (κ3) is 3.71. The molecule has 4 aromatic rings. The topological polar surface area (TPSA) is 76.0 Å². The number of aromatic nitrogens is 4. The molecule has 0 bridgehead atoms. The van der Waals surface area contributed by atoms with Crippen LogP contribution in [0.4, 0.5) is 0 Å². The highest BCUT2D eigenvalue weighted by Gasteiger charge is 2.41. The number of amides is 1. The van der Waals surface area contributed by atoms with Gasteiger partial charge >= 0.3 is 0 Å². The van der Waals surface area contributed by atoms with Crippen molar-refractivity contribution >= 4 is 21.8 Å². The van der Waals surface area contributed by atoms with Gasteiger partial charge in [-0.1, -0.05) is 28.1 Å². The molecule has 1 amide bonds. The number of aryl methyl sites for hydroxylation is 1. The van der Waals surface area contributed by atoms with Gasteiger partial charge in [0.25, 0.3) is 5.91 Å². The molecule has 1 aliphatic heterocycles. The Hall–Kier alpha value is -3.39. The maximum Gasteiger partial charge on any atom is 0.273 e. The predicted molar refractivity (Wildman–Crippen MR) is 124 cm³/mol. The second kappa shape index (κ2) is 8.63. The van der Waals surface area contributed by atoms with Crippen LogP contribution < -0.4 is 4.74 Å². The Bertz CT molecular complexity index is 1220. The van der Waals surface area contributed by atoms with E-state index in [1.807, 2.05) is 52.1 Å². The second-order valence-electron chi connectivity index (χ2n) is 7.70. The zero-order chi connectivity index (χ0) is 22.1. The molecule has 2 aromatic carbocycles. The third-order valence-electron chi connectivity index (χ3n) is 5.79. The van der Waals surface area contributed by atoms with Gasteiger partial charge in [-0.3, -0.25) is 9.89 Å². The average Bonchev–Trinajstić information content (AvgIpc) is 3.54. The van der Waals surface area contributed by atoms with Gasteiger partial charge in [0.15, 0.2) is 0 Å². The number of nitrogens with one attached hydrogen (secondary N) is 1. The van der Waals surface area contributed by atoms with E-state index in [0.29, 0.717) is 12.2 Å². The first-order chi connectivity index (χ1) is 15.7. The fraction of sp³-hybridized carbons (Fsp3) is 0.208. The predicted octanol–water partition coefficient (Wildman–Crippen LogP) is 4.68. The highest BCUT2D eigenvalue weighted by atomic mass is 79.9. The number of carbonyl (C=O) groups is 1. The van der Waals surface area contributed by atoms with Crippen molar-refractivity contribution in [3.8, 4) is 17.0 Å². The minimum atomic E-state index is -0.204. The zero-order valence-electron chi connectivity index (χ0n) is 17.5. The summed E-state index contributed by atoms with van der Waals surface area (Å²) in [4.78, 5) is 19.4. The van der Waals surface area contributed by atoms with Crippen molar-refractivity contribution < 1.29 is 9.53 Å². The fourth-order valence-electron chi connectivity index (χ4n) is 4.23. The highest BCUT2D eigenvalue weighted by molar-refractivity contribution is 9.10. The molecule has 1 aliphatic rings. The number of rotatable bonds is 7. The zero-order valence-corrected chi connectivity index (χ0v) is 19.1. The van der Waals surface area contributed by atoms with Gasteiger partial charge in [-0.2, -0.15) is 5.10 Å². The fourth-order valence-corrected chi connectivity index (χ4v) is 4.49. The first-order valence-electron chi connectivity index (χ1n) is 10.4. The van der Waals surface area contributed by atoms with Gasteiger partial charge in [0.05, 0.1) is 25.2 Å². The number of hydrogen-bond donors (Lipinski definition) is 1. The van der Waals surface area contributed by atoms with Gasteiger partial charge in [-0.05, 0) is 48.4 Å². The van der Waals surface area contributed by atoms with Crippen molar-refractivity contribution in [2.45, 2.75) is 19.0 Å². The van der Waals surface area contributed by atoms with E-state index in [1.54, 1.807) is 19.6 Å². The maximum absolute atomic E-state index is 13.4. The van der Waals surface area contributed by atoms with Gasteiger partial charge in [0.2, 0.25) is 0 Å². The van der Waals surface area contributed by atoms with Crippen molar-refractivity contribution in [1.29, 1.82) is 0 Å². The Morgan fingerprint density at radius 2 is 1.88 bits per heavy atom. The Morgan fingerprint density at radius 3 is 2.56 bits per heavy atom. The van der Waals surface area contributed by atoms with Crippen LogP contribution in [0.25, 0.3) is 11.3 Å². The largest absolute Gasteiger partial charge is 0.497 e. The van der Waals surface area contributed by atoms with E-state index in [4.69, 9.17) is 4.74 Å². The van der Waals surface area contributed by atoms with Crippen molar-refractivity contribution in [2.75, 3.05) is 13.7 Å². The van der Waals surface area contributed by atoms with E-state index in [0.717, 1.165) is 45.6 Å². The minimum absolute atomic E-state index is 0.0224. The molecule has 162 valence electrons. The van der Waals surface area contributed by atoms with Crippen LogP contribution >= 0.6 is 15.9 Å². The minimum Gasteiger partial charge on any atom is -0.497 e. The number of H-pyrrole nitrogens is 1. The van der Waals surface area contributed by atoms with Crippen LogP contribution in [0.1, 0.15) is 34.1 Å². The van der Waals surface area contributed by atoms with Crippen LogP contribution in [0.15, 0.2) is 71.7 Å². The molecule has 0 radical (unpaired) electrons. The average molecular weight is 492 g/mol. The van der Waals surface area contributed by atoms with Crippen LogP contribution in [0.5, 0.6) is 5.75 Å². The summed E-state index contributed by atoms with van der Waals surface area (Å²) in [6, 6.07) is 15.7. The number of halogens is 1. The van der Waals surface area contributed by atoms with E-state index in [1.165, 1.54) is 0 Å². The number of nitrogens with zero attached hydrogens (tertiary/aromatic N) is 4. The summed E-state index contributed by atoms with van der Waals surface area (Å²) in [5.74, 6) is 0.758. The Labute approximate surface area is 194 Å². The highest BCUT2D eigenvalue weighted by Crippen LogP contribution is 2.43. The molecule has 0 saturated carbocycles. The molecule has 0 fully saturated rings. The summed E-state index contributed by atoms with van der Waals surface area (Å²) < 4.78 is 8.32. The molecule has 3 heterocycles. The van der Waals surface area contributed by atoms with E-state index in [2.05, 4.69) is 43.2 Å². The third-order valence-corrected chi connectivity index (χ3v) is 6.32. The molecule has 0 spiro atoms. The summed E-state index contributed by atoms with van der Waals surface area (Å²) in [5.41, 5.74) is 4.27. The van der Waals surface area contributed by atoms with Crippen LogP contribution in [0.3, 0.4) is 0 Å². The SMILES string of the molecule is COc1ccc(-c2n[nH]c3c2C(c2ccc(Br)cc2)N(CCCn2ccnc2)C3=O)cc1. The number of carbonyl (C=O) groups excluding carboxylic acids is 1. The van der Waals surface area contributed by atoms with Gasteiger partial charge in [-0.15, -0.1) is 0 Å². The number of imidazole rings is 1. The molecule has 8 heteroatoms. The van der Waals surface area contributed by atoms with E-state index < -0.39 is 0 Å². The molecule has 2 aromatic heterocycles. The lowest BCUT2D eigenvalue weighted by atomic mass is 9.96. The van der Waals surface area contributed by atoms with Crippen LogP contribution in [0, 0.1) is 0 Å².